The van der Waals surface area contributed by atoms with E-state index in [-0.39, 0.29) is 17.9 Å². The summed E-state index contributed by atoms with van der Waals surface area (Å²) in [6.07, 6.45) is 2.97. The quantitative estimate of drug-likeness (QED) is 0.831. The van der Waals surface area contributed by atoms with Crippen LogP contribution in [0.5, 0.6) is 0 Å². The van der Waals surface area contributed by atoms with E-state index in [0.29, 0.717) is 26.3 Å². The number of piperazine rings is 1. The largest absolute Gasteiger partial charge is 0.390 e. The van der Waals surface area contributed by atoms with Crippen molar-refractivity contribution in [1.29, 1.82) is 0 Å². The number of likely N-dealkylation sites (tertiary alicyclic amines) is 1. The molecule has 1 N–H and O–H groups in total. The molecule has 26 heavy (non-hydrogen) atoms. The zero-order chi connectivity index (χ0) is 17.9. The number of hydrogen-bond acceptors (Lipinski definition) is 6. The molecule has 1 aromatic heterocycles. The number of aliphatic hydroxyl groups excluding tert-OH is 1. The van der Waals surface area contributed by atoms with Crippen molar-refractivity contribution in [2.24, 2.45) is 5.92 Å². The zero-order valence-electron chi connectivity index (χ0n) is 15.2. The number of anilines is 1. The molecule has 7 nitrogen and oxygen atoms in total. The van der Waals surface area contributed by atoms with Crippen molar-refractivity contribution in [1.82, 2.24) is 14.8 Å². The summed E-state index contributed by atoms with van der Waals surface area (Å²) in [7, 11) is 0. The van der Waals surface area contributed by atoms with Gasteiger partial charge in [-0.15, -0.1) is 0 Å². The summed E-state index contributed by atoms with van der Waals surface area (Å²) in [5.74, 6) is 1.27. The molecule has 0 unspecified atom stereocenters. The number of aromatic nitrogens is 1. The van der Waals surface area contributed by atoms with Gasteiger partial charge in [0.25, 0.3) is 0 Å². The summed E-state index contributed by atoms with van der Waals surface area (Å²) in [6.45, 7) is 6.01. The number of pyridine rings is 1. The highest BCUT2D eigenvalue weighted by Gasteiger charge is 2.40. The Balaban J connectivity index is 1.32. The van der Waals surface area contributed by atoms with Crippen molar-refractivity contribution in [2.75, 3.05) is 57.4 Å². The molecule has 142 valence electrons. The van der Waals surface area contributed by atoms with Crippen molar-refractivity contribution in [2.45, 2.75) is 25.0 Å². The van der Waals surface area contributed by atoms with Crippen LogP contribution in [0, 0.1) is 5.92 Å². The van der Waals surface area contributed by atoms with Crippen LogP contribution < -0.4 is 4.90 Å². The molecule has 4 rings (SSSR count). The molecule has 3 saturated heterocycles. The number of β-amino-alcohol motifs (C(OH)–C–C–N with tert-alkyl or cyclic N) is 1. The van der Waals surface area contributed by atoms with E-state index in [0.717, 1.165) is 44.8 Å². The lowest BCUT2D eigenvalue weighted by Crippen LogP contribution is -2.54. The van der Waals surface area contributed by atoms with Crippen LogP contribution in [0.1, 0.15) is 12.8 Å². The maximum Gasteiger partial charge on any atom is 0.226 e. The molecule has 1 aromatic rings. The average Bonchev–Trinajstić information content (AvgIpc) is 3.10. The van der Waals surface area contributed by atoms with Crippen LogP contribution in [-0.4, -0.2) is 90.4 Å². The number of ether oxygens (including phenoxy) is 1. The van der Waals surface area contributed by atoms with Gasteiger partial charge in [0, 0.05) is 64.6 Å². The van der Waals surface area contributed by atoms with Gasteiger partial charge in [0.05, 0.1) is 12.1 Å². The minimum atomic E-state index is -0.458. The van der Waals surface area contributed by atoms with Gasteiger partial charge in [0.15, 0.2) is 0 Å². The first-order valence-electron chi connectivity index (χ1n) is 9.67. The van der Waals surface area contributed by atoms with Crippen molar-refractivity contribution in [3.63, 3.8) is 0 Å². The summed E-state index contributed by atoms with van der Waals surface area (Å²) in [5.41, 5.74) is 0. The van der Waals surface area contributed by atoms with Crippen molar-refractivity contribution >= 4 is 11.7 Å². The van der Waals surface area contributed by atoms with Crippen molar-refractivity contribution in [3.05, 3.63) is 24.4 Å². The first kappa shape index (κ1) is 17.7. The molecule has 0 radical (unpaired) electrons. The van der Waals surface area contributed by atoms with Gasteiger partial charge in [-0.3, -0.25) is 9.69 Å². The van der Waals surface area contributed by atoms with Gasteiger partial charge in [0.2, 0.25) is 5.91 Å². The van der Waals surface area contributed by atoms with E-state index in [1.807, 2.05) is 29.3 Å². The summed E-state index contributed by atoms with van der Waals surface area (Å²) < 4.78 is 5.36. The first-order chi connectivity index (χ1) is 12.7. The fourth-order valence-corrected chi connectivity index (χ4v) is 4.33. The highest BCUT2D eigenvalue weighted by Crippen LogP contribution is 2.24. The molecule has 0 aliphatic carbocycles. The number of aliphatic hydroxyl groups is 1. The molecule has 3 fully saturated rings. The predicted molar refractivity (Wildman–Crippen MR) is 97.9 cm³/mol. The Kier molecular flexibility index (Phi) is 5.38. The average molecular weight is 360 g/mol. The Labute approximate surface area is 154 Å². The molecular formula is C19H28N4O3. The summed E-state index contributed by atoms with van der Waals surface area (Å²) >= 11 is 0. The molecule has 1 amide bonds. The van der Waals surface area contributed by atoms with E-state index in [9.17, 15) is 9.90 Å². The van der Waals surface area contributed by atoms with Gasteiger partial charge in [-0.1, -0.05) is 6.07 Å². The maximum absolute atomic E-state index is 12.7. The van der Waals surface area contributed by atoms with Gasteiger partial charge in [-0.25, -0.2) is 4.98 Å². The molecular weight excluding hydrogens is 332 g/mol. The molecule has 7 heteroatoms. The van der Waals surface area contributed by atoms with Crippen LogP contribution in [0.2, 0.25) is 0 Å². The van der Waals surface area contributed by atoms with Gasteiger partial charge >= 0.3 is 0 Å². The molecule has 4 heterocycles. The fraction of sp³-hybridized carbons (Fsp3) is 0.684. The minimum Gasteiger partial charge on any atom is -0.390 e. The Morgan fingerprint density at radius 3 is 2.58 bits per heavy atom. The Morgan fingerprint density at radius 1 is 1.12 bits per heavy atom. The van der Waals surface area contributed by atoms with Gasteiger partial charge < -0.3 is 19.6 Å². The lowest BCUT2D eigenvalue weighted by Gasteiger charge is -2.39. The highest BCUT2D eigenvalue weighted by atomic mass is 16.5. The number of hydrogen-bond donors (Lipinski definition) is 1. The zero-order valence-corrected chi connectivity index (χ0v) is 15.2. The van der Waals surface area contributed by atoms with Gasteiger partial charge in [0.1, 0.15) is 5.82 Å². The smallest absolute Gasteiger partial charge is 0.226 e. The third-order valence-corrected chi connectivity index (χ3v) is 5.90. The monoisotopic (exact) mass is 360 g/mol. The van der Waals surface area contributed by atoms with Gasteiger partial charge in [-0.2, -0.15) is 0 Å². The summed E-state index contributed by atoms with van der Waals surface area (Å²) in [4.78, 5) is 23.6. The Morgan fingerprint density at radius 2 is 1.88 bits per heavy atom. The molecule has 0 aromatic carbocycles. The second-order valence-corrected chi connectivity index (χ2v) is 7.48. The normalized spacial score (nSPS) is 28.5. The molecule has 0 spiro atoms. The van der Waals surface area contributed by atoms with Gasteiger partial charge in [-0.05, 0) is 25.0 Å². The van der Waals surface area contributed by atoms with Crippen LogP contribution in [0.4, 0.5) is 5.82 Å². The van der Waals surface area contributed by atoms with Crippen molar-refractivity contribution < 1.29 is 14.6 Å². The molecule has 0 bridgehead atoms. The topological polar surface area (TPSA) is 69.1 Å². The van der Waals surface area contributed by atoms with Crippen LogP contribution in [0.25, 0.3) is 0 Å². The fourth-order valence-electron chi connectivity index (χ4n) is 4.33. The number of amides is 1. The molecule has 3 aliphatic rings. The van der Waals surface area contributed by atoms with E-state index >= 15 is 0 Å². The second kappa shape index (κ2) is 7.90. The van der Waals surface area contributed by atoms with E-state index in [2.05, 4.69) is 14.8 Å². The molecule has 0 saturated carbocycles. The standard InChI is InChI=1S/C19H28N4O3/c24-17-14-23(19(25)15-4-11-26-12-5-15)13-16(17)21-7-9-22(10-8-21)18-3-1-2-6-20-18/h1-3,6,15-17,24H,4-5,7-14H2/t16-,17-/m0/s1. The third-order valence-electron chi connectivity index (χ3n) is 5.90. The Hall–Kier alpha value is -1.70. The second-order valence-electron chi connectivity index (χ2n) is 7.48. The van der Waals surface area contributed by atoms with Crippen LogP contribution in [0.15, 0.2) is 24.4 Å². The Bertz CT molecular complexity index is 600. The minimum absolute atomic E-state index is 0.0460. The maximum atomic E-state index is 12.7. The van der Waals surface area contributed by atoms with Crippen LogP contribution in [0.3, 0.4) is 0 Å². The highest BCUT2D eigenvalue weighted by molar-refractivity contribution is 5.79. The summed E-state index contributed by atoms with van der Waals surface area (Å²) in [6, 6.07) is 6.02. The number of nitrogens with zero attached hydrogens (tertiary/aromatic N) is 4. The molecule has 3 aliphatic heterocycles. The number of carbonyl (C=O) groups is 1. The van der Waals surface area contributed by atoms with E-state index in [1.54, 1.807) is 0 Å². The van der Waals surface area contributed by atoms with E-state index in [1.165, 1.54) is 0 Å². The van der Waals surface area contributed by atoms with Crippen LogP contribution >= 0.6 is 0 Å². The van der Waals surface area contributed by atoms with E-state index in [4.69, 9.17) is 4.74 Å². The number of carbonyl (C=O) groups excluding carboxylic acids is 1. The van der Waals surface area contributed by atoms with Crippen LogP contribution in [-0.2, 0) is 9.53 Å². The molecule has 2 atom stereocenters. The lowest BCUT2D eigenvalue weighted by molar-refractivity contribution is -0.137. The number of rotatable bonds is 3. The SMILES string of the molecule is O=C(C1CCOCC1)N1C[C@H](O)[C@@H](N2CCN(c3ccccn3)CC2)C1. The summed E-state index contributed by atoms with van der Waals surface area (Å²) in [5, 5.41) is 10.6. The lowest BCUT2D eigenvalue weighted by atomic mass is 9.99. The van der Waals surface area contributed by atoms with Crippen molar-refractivity contribution in [3.8, 4) is 0 Å². The predicted octanol–water partition coefficient (Wildman–Crippen LogP) is 0.202. The van der Waals surface area contributed by atoms with E-state index < -0.39 is 6.10 Å². The third kappa shape index (κ3) is 3.70. The first-order valence-corrected chi connectivity index (χ1v) is 9.67.